The average molecular weight is 435 g/mol. The zero-order valence-electron chi connectivity index (χ0n) is 18.0. The van der Waals surface area contributed by atoms with Gasteiger partial charge in [-0.25, -0.2) is 0 Å². The number of unbranched alkanes of at least 4 members (excludes halogenated alkanes) is 1. The van der Waals surface area contributed by atoms with Crippen LogP contribution in [0.4, 0.5) is 5.69 Å². The lowest BCUT2D eigenvalue weighted by atomic mass is 9.86. The molecule has 0 aliphatic carbocycles. The third-order valence-electron chi connectivity index (χ3n) is 6.86. The Morgan fingerprint density at radius 3 is 2.58 bits per heavy atom. The zero-order chi connectivity index (χ0) is 21.9. The topological polar surface area (TPSA) is 57.7 Å². The summed E-state index contributed by atoms with van der Waals surface area (Å²) in [6.07, 6.45) is 3.78. The normalized spacial score (nSPS) is 26.6. The summed E-state index contributed by atoms with van der Waals surface area (Å²) in [6.45, 7) is 6.58. The van der Waals surface area contributed by atoms with Crippen molar-refractivity contribution in [3.63, 3.8) is 0 Å². The number of Topliss-reactive ketones (excluding diaryl/α,β-unsaturated/α-hetero) is 1. The molecule has 2 amide bonds. The minimum Gasteiger partial charge on any atom is -0.352 e. The van der Waals surface area contributed by atoms with E-state index in [4.69, 9.17) is 0 Å². The van der Waals surface area contributed by atoms with Crippen molar-refractivity contribution in [2.45, 2.75) is 45.7 Å². The van der Waals surface area contributed by atoms with Crippen LogP contribution in [-0.4, -0.2) is 41.1 Å². The Morgan fingerprint density at radius 1 is 1.10 bits per heavy atom. The zero-order valence-corrected chi connectivity index (χ0v) is 18.8. The van der Waals surface area contributed by atoms with Gasteiger partial charge in [-0.3, -0.25) is 19.3 Å². The molecule has 4 heterocycles. The molecule has 0 saturated carbocycles. The Kier molecular flexibility index (Phi) is 4.85. The van der Waals surface area contributed by atoms with Crippen LogP contribution in [0.2, 0.25) is 0 Å². The smallest absolute Gasteiger partial charge is 0.235 e. The van der Waals surface area contributed by atoms with Crippen LogP contribution in [-0.2, 0) is 9.59 Å². The van der Waals surface area contributed by atoms with E-state index in [2.05, 4.69) is 24.0 Å². The summed E-state index contributed by atoms with van der Waals surface area (Å²) in [4.78, 5) is 44.7. The summed E-state index contributed by atoms with van der Waals surface area (Å²) >= 11 is 1.39. The van der Waals surface area contributed by atoms with Gasteiger partial charge in [-0.2, -0.15) is 0 Å². The first-order chi connectivity index (χ1) is 14.9. The third-order valence-corrected chi connectivity index (χ3v) is 7.75. The van der Waals surface area contributed by atoms with E-state index in [-0.39, 0.29) is 23.6 Å². The van der Waals surface area contributed by atoms with Crippen LogP contribution in [0.5, 0.6) is 0 Å². The van der Waals surface area contributed by atoms with Gasteiger partial charge in [0, 0.05) is 17.8 Å². The molecule has 0 N–H and O–H groups in total. The van der Waals surface area contributed by atoms with Crippen LogP contribution in [0.3, 0.4) is 0 Å². The number of rotatable bonds is 5. The molecule has 0 unspecified atom stereocenters. The van der Waals surface area contributed by atoms with Crippen molar-refractivity contribution in [2.75, 3.05) is 11.4 Å². The first kappa shape index (κ1) is 20.2. The number of benzene rings is 1. The lowest BCUT2D eigenvalue weighted by Crippen LogP contribution is -2.49. The van der Waals surface area contributed by atoms with E-state index in [1.165, 1.54) is 16.2 Å². The van der Waals surface area contributed by atoms with Crippen molar-refractivity contribution in [1.82, 2.24) is 4.90 Å². The van der Waals surface area contributed by atoms with Gasteiger partial charge in [-0.15, -0.1) is 11.3 Å². The molecular weight excluding hydrogens is 408 g/mol. The predicted octanol–water partition coefficient (Wildman–Crippen LogP) is 4.31. The number of amides is 2. The van der Waals surface area contributed by atoms with Crippen LogP contribution >= 0.6 is 11.3 Å². The molecule has 2 fully saturated rings. The summed E-state index contributed by atoms with van der Waals surface area (Å²) in [5.41, 5.74) is 4.25. The Hall–Kier alpha value is -2.73. The van der Waals surface area contributed by atoms with Gasteiger partial charge < -0.3 is 4.90 Å². The highest BCUT2D eigenvalue weighted by Crippen LogP contribution is 2.50. The molecule has 2 saturated heterocycles. The van der Waals surface area contributed by atoms with Gasteiger partial charge >= 0.3 is 0 Å². The number of aryl methyl sites for hydroxylation is 1. The highest BCUT2D eigenvalue weighted by molar-refractivity contribution is 7.12. The quantitative estimate of drug-likeness (QED) is 0.520. The number of carbonyl (C=O) groups is 3. The number of anilines is 1. The second kappa shape index (κ2) is 7.45. The maximum atomic E-state index is 13.7. The van der Waals surface area contributed by atoms with Gasteiger partial charge in [0.05, 0.1) is 22.8 Å². The van der Waals surface area contributed by atoms with Crippen LogP contribution in [0, 0.1) is 18.8 Å². The van der Waals surface area contributed by atoms with Gasteiger partial charge in [-0.1, -0.05) is 37.1 Å². The second-order valence-electron chi connectivity index (χ2n) is 8.79. The van der Waals surface area contributed by atoms with E-state index in [9.17, 15) is 14.4 Å². The molecule has 3 aliphatic heterocycles. The number of hydrogen-bond donors (Lipinski definition) is 0. The van der Waals surface area contributed by atoms with E-state index < -0.39 is 17.9 Å². The average Bonchev–Trinajstić information content (AvgIpc) is 3.44. The number of fused-ring (bicyclic) bond motifs is 5. The van der Waals surface area contributed by atoms with Crippen molar-refractivity contribution < 1.29 is 14.4 Å². The summed E-state index contributed by atoms with van der Waals surface area (Å²) in [6, 6.07) is 8.91. The lowest BCUT2D eigenvalue weighted by Gasteiger charge is -2.38. The summed E-state index contributed by atoms with van der Waals surface area (Å²) in [7, 11) is 0. The SMILES string of the molecule is CCCCN1C(=O)[C@@H]2[C@H](C1=O)[C@H](C(=O)c1cccs1)N1c3ccc(C)cc3C(C)=C[C@H]21. The third kappa shape index (κ3) is 2.92. The Balaban J connectivity index is 1.66. The van der Waals surface area contributed by atoms with Gasteiger partial charge in [-0.05, 0) is 49.4 Å². The Labute approximate surface area is 186 Å². The van der Waals surface area contributed by atoms with Crippen LogP contribution in [0.15, 0.2) is 41.8 Å². The van der Waals surface area contributed by atoms with Gasteiger partial charge in [0.2, 0.25) is 11.8 Å². The van der Waals surface area contributed by atoms with Gasteiger partial charge in [0.1, 0.15) is 6.04 Å². The van der Waals surface area contributed by atoms with E-state index in [0.717, 1.165) is 35.2 Å². The molecule has 160 valence electrons. The first-order valence-corrected chi connectivity index (χ1v) is 11.8. The standard InChI is InChI=1S/C25H26N2O3S/c1-4-5-10-26-24(29)20-18-13-15(3)16-12-14(2)8-9-17(16)27(18)22(21(20)25(26)30)23(28)19-7-6-11-31-19/h6-9,11-13,18,20-22H,4-5,10H2,1-3H3/t18-,20+,21+,22-/m1/s1. The molecule has 0 bridgehead atoms. The fourth-order valence-electron chi connectivity index (χ4n) is 5.42. The van der Waals surface area contributed by atoms with Crippen molar-refractivity contribution in [1.29, 1.82) is 0 Å². The molecule has 1 aromatic heterocycles. The summed E-state index contributed by atoms with van der Waals surface area (Å²) in [5, 5.41) is 1.88. The van der Waals surface area contributed by atoms with Gasteiger partial charge in [0.25, 0.3) is 0 Å². The molecule has 1 aromatic carbocycles. The predicted molar refractivity (Wildman–Crippen MR) is 122 cm³/mol. The summed E-state index contributed by atoms with van der Waals surface area (Å²) < 4.78 is 0. The molecule has 0 spiro atoms. The largest absolute Gasteiger partial charge is 0.352 e. The molecule has 31 heavy (non-hydrogen) atoms. The monoisotopic (exact) mass is 434 g/mol. The molecule has 0 radical (unpaired) electrons. The highest BCUT2D eigenvalue weighted by atomic mass is 32.1. The maximum Gasteiger partial charge on any atom is 0.235 e. The molecular formula is C25H26N2O3S. The fourth-order valence-corrected chi connectivity index (χ4v) is 6.12. The highest BCUT2D eigenvalue weighted by Gasteiger charge is 2.64. The van der Waals surface area contributed by atoms with Crippen LogP contribution < -0.4 is 4.90 Å². The van der Waals surface area contributed by atoms with E-state index >= 15 is 0 Å². The minimum absolute atomic E-state index is 0.0644. The lowest BCUT2D eigenvalue weighted by molar-refractivity contribution is -0.140. The number of likely N-dealkylation sites (tertiary alicyclic amines) is 1. The number of ketones is 1. The van der Waals surface area contributed by atoms with Crippen LogP contribution in [0.1, 0.15) is 47.5 Å². The van der Waals surface area contributed by atoms with E-state index in [1.54, 1.807) is 0 Å². The molecule has 5 nitrogen and oxygen atoms in total. The molecule has 5 rings (SSSR count). The van der Waals surface area contributed by atoms with Gasteiger partial charge in [0.15, 0.2) is 5.78 Å². The number of nitrogens with zero attached hydrogens (tertiary/aromatic N) is 2. The van der Waals surface area contributed by atoms with Crippen molar-refractivity contribution >= 4 is 40.2 Å². The van der Waals surface area contributed by atoms with Crippen molar-refractivity contribution in [2.24, 2.45) is 11.8 Å². The summed E-state index contributed by atoms with van der Waals surface area (Å²) in [5.74, 6) is -1.53. The fraction of sp³-hybridized carbons (Fsp3) is 0.400. The number of carbonyl (C=O) groups excluding carboxylic acids is 3. The minimum atomic E-state index is -0.664. The molecule has 3 aliphatic rings. The number of hydrogen-bond acceptors (Lipinski definition) is 5. The van der Waals surface area contributed by atoms with Crippen molar-refractivity contribution in [3.05, 3.63) is 57.8 Å². The van der Waals surface area contributed by atoms with E-state index in [1.807, 2.05) is 43.5 Å². The molecule has 4 atom stereocenters. The number of thiophene rings is 1. The number of allylic oxidation sites excluding steroid dienone is 1. The Morgan fingerprint density at radius 2 is 1.87 bits per heavy atom. The molecule has 2 aromatic rings. The van der Waals surface area contributed by atoms with Crippen molar-refractivity contribution in [3.8, 4) is 0 Å². The molecule has 6 heteroatoms. The second-order valence-corrected chi connectivity index (χ2v) is 9.74. The van der Waals surface area contributed by atoms with Crippen LogP contribution in [0.25, 0.3) is 5.57 Å². The van der Waals surface area contributed by atoms with E-state index in [0.29, 0.717) is 11.4 Å². The maximum absolute atomic E-state index is 13.7. The Bertz CT molecular complexity index is 1100. The number of imide groups is 1. The first-order valence-electron chi connectivity index (χ1n) is 10.9.